The van der Waals surface area contributed by atoms with Crippen LogP contribution in [0.1, 0.15) is 13.3 Å². The maximum Gasteiger partial charge on any atom is 0.106 e. The Balaban J connectivity index is 2.99. The van der Waals surface area contributed by atoms with E-state index >= 15 is 0 Å². The Kier molecular flexibility index (Phi) is 3.93. The molecule has 0 saturated heterocycles. The van der Waals surface area contributed by atoms with Gasteiger partial charge in [0.05, 0.1) is 0 Å². The topological polar surface area (TPSA) is 38.0 Å². The molecule has 7 heavy (non-hydrogen) atoms. The van der Waals surface area contributed by atoms with Crippen LogP contribution in [-0.2, 0) is 0 Å². The van der Waals surface area contributed by atoms with Crippen LogP contribution in [0, 0.1) is 0 Å². The van der Waals surface area contributed by atoms with Crippen LogP contribution in [0.2, 0.25) is 0 Å². The third-order valence-corrected chi connectivity index (χ3v) is 0.915. The van der Waals surface area contributed by atoms with Crippen LogP contribution in [0.25, 0.3) is 0 Å². The average molecular weight is 106 g/mol. The number of hydrogen-bond donors (Lipinski definition) is 2. The summed E-state index contributed by atoms with van der Waals surface area (Å²) in [4.78, 5) is 0. The first-order chi connectivity index (χ1) is 3.35. The van der Waals surface area contributed by atoms with E-state index in [0.29, 0.717) is 0 Å². The lowest BCUT2D eigenvalue weighted by molar-refractivity contribution is 0.371. The largest absolute Gasteiger partial charge is 0.271 e. The van der Waals surface area contributed by atoms with Gasteiger partial charge in [0.15, 0.2) is 0 Å². The van der Waals surface area contributed by atoms with Gasteiger partial charge in [-0.1, -0.05) is 6.92 Å². The van der Waals surface area contributed by atoms with E-state index in [9.17, 15) is 4.39 Å². The molecule has 0 aliphatic rings. The van der Waals surface area contributed by atoms with Gasteiger partial charge in [0, 0.05) is 6.04 Å². The molecule has 2 nitrogen and oxygen atoms in total. The lowest BCUT2D eigenvalue weighted by atomic mass is 10.3. The molecular weight excluding hydrogens is 95.1 g/mol. The molecule has 44 valence electrons. The van der Waals surface area contributed by atoms with Crippen molar-refractivity contribution in [3.63, 3.8) is 0 Å². The standard InChI is InChI=1S/C4H11FN2/c1-2-4(3-5)7-6/h4,7H,2-3,6H2,1H3/t4-/m1/s1. The minimum atomic E-state index is -0.382. The van der Waals surface area contributed by atoms with Gasteiger partial charge in [0.1, 0.15) is 6.67 Å². The van der Waals surface area contributed by atoms with E-state index in [4.69, 9.17) is 5.84 Å². The summed E-state index contributed by atoms with van der Waals surface area (Å²) in [6, 6.07) is -0.153. The Hall–Kier alpha value is -0.150. The second-order valence-corrected chi connectivity index (χ2v) is 1.43. The van der Waals surface area contributed by atoms with Gasteiger partial charge >= 0.3 is 0 Å². The van der Waals surface area contributed by atoms with E-state index in [1.54, 1.807) is 0 Å². The first-order valence-corrected chi connectivity index (χ1v) is 2.37. The fourth-order valence-corrected chi connectivity index (χ4v) is 0.272. The second kappa shape index (κ2) is 4.02. The highest BCUT2D eigenvalue weighted by Crippen LogP contribution is 1.86. The number of halogens is 1. The van der Waals surface area contributed by atoms with Gasteiger partial charge in [-0.25, -0.2) is 4.39 Å². The monoisotopic (exact) mass is 106 g/mol. The highest BCUT2D eigenvalue weighted by Gasteiger charge is 1.98. The summed E-state index contributed by atoms with van der Waals surface area (Å²) >= 11 is 0. The second-order valence-electron chi connectivity index (χ2n) is 1.43. The third kappa shape index (κ3) is 2.53. The van der Waals surface area contributed by atoms with Crippen molar-refractivity contribution in [2.75, 3.05) is 6.67 Å². The average Bonchev–Trinajstić information content (AvgIpc) is 1.72. The first-order valence-electron chi connectivity index (χ1n) is 2.37. The SMILES string of the molecule is CC[C@H](CF)NN. The Bertz CT molecular complexity index is 31.2. The maximum absolute atomic E-state index is 11.5. The van der Waals surface area contributed by atoms with Crippen molar-refractivity contribution in [2.45, 2.75) is 19.4 Å². The number of hydrogen-bond acceptors (Lipinski definition) is 2. The first kappa shape index (κ1) is 6.85. The van der Waals surface area contributed by atoms with Crippen LogP contribution < -0.4 is 11.3 Å². The molecule has 0 aliphatic heterocycles. The summed E-state index contributed by atoms with van der Waals surface area (Å²) in [7, 11) is 0. The summed E-state index contributed by atoms with van der Waals surface area (Å²) < 4.78 is 11.5. The van der Waals surface area contributed by atoms with Crippen molar-refractivity contribution in [3.05, 3.63) is 0 Å². The van der Waals surface area contributed by atoms with Gasteiger partial charge < -0.3 is 0 Å². The van der Waals surface area contributed by atoms with E-state index < -0.39 is 0 Å². The minimum absolute atomic E-state index is 0.153. The molecule has 0 rings (SSSR count). The van der Waals surface area contributed by atoms with E-state index in [0.717, 1.165) is 6.42 Å². The molecule has 3 heteroatoms. The smallest absolute Gasteiger partial charge is 0.106 e. The molecule has 0 fully saturated rings. The normalized spacial score (nSPS) is 14.1. The molecule has 3 N–H and O–H groups in total. The molecule has 0 aromatic heterocycles. The van der Waals surface area contributed by atoms with E-state index in [-0.39, 0.29) is 12.7 Å². The zero-order valence-electron chi connectivity index (χ0n) is 4.45. The summed E-state index contributed by atoms with van der Waals surface area (Å²) in [6.07, 6.45) is 0.743. The fraction of sp³-hybridized carbons (Fsp3) is 1.00. The molecule has 0 aromatic rings. The summed E-state index contributed by atoms with van der Waals surface area (Å²) in [5.41, 5.74) is 2.33. The number of nitrogens with one attached hydrogen (secondary N) is 1. The van der Waals surface area contributed by atoms with E-state index in [2.05, 4.69) is 5.43 Å². The van der Waals surface area contributed by atoms with Crippen molar-refractivity contribution in [3.8, 4) is 0 Å². The number of rotatable bonds is 3. The van der Waals surface area contributed by atoms with Crippen LogP contribution in [0.15, 0.2) is 0 Å². The van der Waals surface area contributed by atoms with Gasteiger partial charge in [-0.05, 0) is 6.42 Å². The van der Waals surface area contributed by atoms with Gasteiger partial charge in [-0.3, -0.25) is 11.3 Å². The molecule has 0 aliphatic carbocycles. The van der Waals surface area contributed by atoms with E-state index in [1.807, 2.05) is 6.92 Å². The van der Waals surface area contributed by atoms with Crippen molar-refractivity contribution in [1.29, 1.82) is 0 Å². The van der Waals surface area contributed by atoms with Crippen LogP contribution in [0.4, 0.5) is 4.39 Å². The molecular formula is C4H11FN2. The highest BCUT2D eigenvalue weighted by molar-refractivity contribution is 4.55. The molecule has 0 heterocycles. The number of nitrogens with two attached hydrogens (primary N) is 1. The summed E-state index contributed by atoms with van der Waals surface area (Å²) in [5.74, 6) is 4.90. The van der Waals surface area contributed by atoms with Gasteiger partial charge in [-0.15, -0.1) is 0 Å². The zero-order valence-corrected chi connectivity index (χ0v) is 4.45. The van der Waals surface area contributed by atoms with E-state index in [1.165, 1.54) is 0 Å². The van der Waals surface area contributed by atoms with Crippen molar-refractivity contribution in [1.82, 2.24) is 5.43 Å². The predicted octanol–water partition coefficient (Wildman–Crippen LogP) is 0.198. The summed E-state index contributed by atoms with van der Waals surface area (Å²) in [6.45, 7) is 1.50. The third-order valence-electron chi connectivity index (χ3n) is 0.915. The highest BCUT2D eigenvalue weighted by atomic mass is 19.1. The van der Waals surface area contributed by atoms with Crippen molar-refractivity contribution >= 4 is 0 Å². The Morgan fingerprint density at radius 3 is 2.43 bits per heavy atom. The molecule has 0 spiro atoms. The van der Waals surface area contributed by atoms with Crippen LogP contribution >= 0.6 is 0 Å². The molecule has 0 bridgehead atoms. The Morgan fingerprint density at radius 1 is 1.86 bits per heavy atom. The molecule has 0 saturated carbocycles. The van der Waals surface area contributed by atoms with Crippen molar-refractivity contribution < 1.29 is 4.39 Å². The van der Waals surface area contributed by atoms with Gasteiger partial charge in [0.25, 0.3) is 0 Å². The molecule has 0 radical (unpaired) electrons. The van der Waals surface area contributed by atoms with Crippen LogP contribution in [0.5, 0.6) is 0 Å². The maximum atomic E-state index is 11.5. The lowest BCUT2D eigenvalue weighted by Crippen LogP contribution is -2.35. The minimum Gasteiger partial charge on any atom is -0.271 e. The number of hydrazine groups is 1. The Morgan fingerprint density at radius 2 is 2.43 bits per heavy atom. The molecule has 0 amide bonds. The summed E-state index contributed by atoms with van der Waals surface area (Å²) in [5, 5.41) is 0. The Labute approximate surface area is 42.9 Å². The fourth-order valence-electron chi connectivity index (χ4n) is 0.272. The lowest BCUT2D eigenvalue weighted by Gasteiger charge is -2.05. The van der Waals surface area contributed by atoms with Gasteiger partial charge in [-0.2, -0.15) is 0 Å². The van der Waals surface area contributed by atoms with Crippen LogP contribution in [-0.4, -0.2) is 12.7 Å². The number of alkyl halides is 1. The van der Waals surface area contributed by atoms with Crippen molar-refractivity contribution in [2.24, 2.45) is 5.84 Å². The predicted molar refractivity (Wildman–Crippen MR) is 27.4 cm³/mol. The molecule has 0 aromatic carbocycles. The van der Waals surface area contributed by atoms with Crippen LogP contribution in [0.3, 0.4) is 0 Å². The van der Waals surface area contributed by atoms with Gasteiger partial charge in [0.2, 0.25) is 0 Å². The zero-order chi connectivity index (χ0) is 5.70. The quantitative estimate of drug-likeness (QED) is 0.398. The molecule has 0 unspecified atom stereocenters. The molecule has 1 atom stereocenters.